The van der Waals surface area contributed by atoms with Gasteiger partial charge in [0.2, 0.25) is 47.3 Å². The van der Waals surface area contributed by atoms with Crippen LogP contribution in [0.3, 0.4) is 0 Å². The van der Waals surface area contributed by atoms with E-state index in [-0.39, 0.29) is 25.3 Å². The van der Waals surface area contributed by atoms with E-state index < -0.39 is 96.0 Å². The number of rotatable bonds is 9. The van der Waals surface area contributed by atoms with Gasteiger partial charge >= 0.3 is 0 Å². The normalized spacial score (nSPS) is 27.8. The molecule has 1 aromatic rings. The average molecular weight is 745 g/mol. The molecule has 1 aromatic carbocycles. The van der Waals surface area contributed by atoms with Crippen molar-refractivity contribution in [2.24, 2.45) is 11.7 Å². The first-order valence-corrected chi connectivity index (χ1v) is 19.0. The van der Waals surface area contributed by atoms with Gasteiger partial charge in [-0.1, -0.05) is 50.6 Å². The molecule has 2 aliphatic rings. The van der Waals surface area contributed by atoms with E-state index in [9.17, 15) is 38.4 Å². The molecule has 2 aliphatic heterocycles. The predicted molar refractivity (Wildman–Crippen MR) is 194 cm³/mol. The Morgan fingerprint density at radius 2 is 1.37 bits per heavy atom. The molecule has 0 unspecified atom stereocenters. The van der Waals surface area contributed by atoms with E-state index in [1.807, 2.05) is 13.2 Å². The van der Waals surface area contributed by atoms with Gasteiger partial charge in [-0.15, -0.1) is 0 Å². The number of hydrogen-bond acceptors (Lipinski definition) is 9. The molecule has 2 saturated heterocycles. The van der Waals surface area contributed by atoms with E-state index in [0.717, 1.165) is 0 Å². The first-order chi connectivity index (χ1) is 24.7. The third-order valence-electron chi connectivity index (χ3n) is 9.32. The molecule has 0 spiro atoms. The minimum atomic E-state index is -1.51. The first-order valence-electron chi connectivity index (χ1n) is 17.6. The Morgan fingerprint density at radius 1 is 0.808 bits per heavy atom. The van der Waals surface area contributed by atoms with Gasteiger partial charge in [-0.05, 0) is 56.6 Å². The minimum absolute atomic E-state index is 0.00466. The van der Waals surface area contributed by atoms with Crippen LogP contribution in [0.25, 0.3) is 0 Å². The van der Waals surface area contributed by atoms with Crippen LogP contribution in [0.15, 0.2) is 30.3 Å². The van der Waals surface area contributed by atoms with Crippen molar-refractivity contribution in [2.75, 3.05) is 18.6 Å². The van der Waals surface area contributed by atoms with Gasteiger partial charge in [-0.25, -0.2) is 0 Å². The highest BCUT2D eigenvalue weighted by Crippen LogP contribution is 2.22. The highest BCUT2D eigenvalue weighted by molar-refractivity contribution is 7.98. The largest absolute Gasteiger partial charge is 0.370 e. The maximum absolute atomic E-state index is 14.1. The molecule has 8 amide bonds. The second-order valence-electron chi connectivity index (χ2n) is 13.3. The third kappa shape index (κ3) is 11.7. The van der Waals surface area contributed by atoms with E-state index in [1.165, 1.54) is 30.5 Å². The van der Waals surface area contributed by atoms with Crippen LogP contribution in [-0.2, 0) is 44.8 Å². The van der Waals surface area contributed by atoms with Gasteiger partial charge in [0.05, 0.1) is 6.42 Å². The molecule has 52 heavy (non-hydrogen) atoms. The van der Waals surface area contributed by atoms with Crippen molar-refractivity contribution in [3.05, 3.63) is 35.9 Å². The highest BCUT2D eigenvalue weighted by Gasteiger charge is 2.41. The predicted octanol–water partition coefficient (Wildman–Crippen LogP) is -1.14. The van der Waals surface area contributed by atoms with Gasteiger partial charge in [0.1, 0.15) is 42.3 Å². The third-order valence-corrected chi connectivity index (χ3v) is 9.96. The topological polar surface area (TPSA) is 238 Å². The summed E-state index contributed by atoms with van der Waals surface area (Å²) in [5.41, 5.74) is 6.11. The lowest BCUT2D eigenvalue weighted by molar-refractivity contribution is -0.143. The molecule has 0 radical (unpaired) electrons. The zero-order valence-electron chi connectivity index (χ0n) is 30.4. The Kier molecular flexibility index (Phi) is 15.9. The van der Waals surface area contributed by atoms with Gasteiger partial charge in [0, 0.05) is 13.0 Å². The van der Waals surface area contributed by atoms with E-state index in [1.54, 1.807) is 37.3 Å². The van der Waals surface area contributed by atoms with Crippen LogP contribution >= 0.6 is 11.8 Å². The van der Waals surface area contributed by atoms with Crippen molar-refractivity contribution in [1.82, 2.24) is 36.8 Å². The summed E-state index contributed by atoms with van der Waals surface area (Å²) in [7, 11) is 0. The molecule has 0 aromatic heterocycles. The number of nitrogens with two attached hydrogens (primary N) is 1. The Hall–Kier alpha value is -4.67. The smallest absolute Gasteiger partial charge is 0.246 e. The fourth-order valence-electron chi connectivity index (χ4n) is 6.01. The van der Waals surface area contributed by atoms with Crippen LogP contribution in [0, 0.1) is 5.92 Å². The monoisotopic (exact) mass is 744 g/mol. The molecule has 0 bridgehead atoms. The molecule has 16 nitrogen and oxygen atoms in total. The summed E-state index contributed by atoms with van der Waals surface area (Å²) in [4.78, 5) is 109. The molecule has 8 atom stereocenters. The Labute approximate surface area is 308 Å². The zero-order valence-corrected chi connectivity index (χ0v) is 31.2. The van der Waals surface area contributed by atoms with Crippen LogP contribution in [0.2, 0.25) is 0 Å². The Balaban J connectivity index is 2.05. The molecule has 2 fully saturated rings. The number of benzene rings is 1. The van der Waals surface area contributed by atoms with Crippen molar-refractivity contribution in [1.29, 1.82) is 0 Å². The lowest BCUT2D eigenvalue weighted by Gasteiger charge is -2.32. The number of nitrogens with zero attached hydrogens (tertiary/aromatic N) is 1. The quantitative estimate of drug-likeness (QED) is 0.162. The lowest BCUT2D eigenvalue weighted by atomic mass is 9.96. The van der Waals surface area contributed by atoms with Crippen molar-refractivity contribution in [3.8, 4) is 0 Å². The molecule has 17 heteroatoms. The van der Waals surface area contributed by atoms with Crippen LogP contribution in [0.4, 0.5) is 0 Å². The second-order valence-corrected chi connectivity index (χ2v) is 14.3. The standard InChI is InChI=1S/C35H52N8O8S/c1-6-19(2)28-35(51)43-15-10-13-26(43)34(50)41-24(17-22-11-8-7-9-12-22)33(49)40-25(18-27(36)44)32(48)38-20(3)29(45)39-23(14-16-52-5)31(47)37-21(4)30(46)42-28/h7-9,11-12,19-21,23-26,28H,6,10,13-18H2,1-5H3,(H2,36,44)(H,37,47)(H,38,48)(H,39,45)(H,40,49)(H,41,50)(H,42,46)/t19-,20+,21+,23+,24+,25-,26+,28+/m1/s1. The number of hydrogen-bond donors (Lipinski definition) is 7. The summed E-state index contributed by atoms with van der Waals surface area (Å²) in [6, 6.07) is 0.650. The summed E-state index contributed by atoms with van der Waals surface area (Å²) in [6.45, 7) is 6.71. The van der Waals surface area contributed by atoms with E-state index >= 15 is 0 Å². The number of carbonyl (C=O) groups is 8. The molecular formula is C35H52N8O8S. The maximum Gasteiger partial charge on any atom is 0.246 e. The number of fused-ring (bicyclic) bond motifs is 1. The Morgan fingerprint density at radius 3 is 1.96 bits per heavy atom. The zero-order chi connectivity index (χ0) is 38.5. The number of carbonyl (C=O) groups excluding carboxylic acids is 8. The number of thioether (sulfide) groups is 1. The minimum Gasteiger partial charge on any atom is -0.370 e. The number of amides is 8. The molecule has 2 heterocycles. The summed E-state index contributed by atoms with van der Waals surface area (Å²) < 4.78 is 0. The number of primary amides is 1. The fourth-order valence-corrected chi connectivity index (χ4v) is 6.48. The van der Waals surface area contributed by atoms with Crippen LogP contribution in [0.1, 0.15) is 65.4 Å². The molecule has 3 rings (SSSR count). The summed E-state index contributed by atoms with van der Waals surface area (Å²) in [6.07, 6.45) is 2.72. The lowest BCUT2D eigenvalue weighted by Crippen LogP contribution is -2.60. The first kappa shape index (κ1) is 41.7. The SMILES string of the molecule is CC[C@@H](C)[C@@H]1NC(=O)[C@H](C)NC(=O)[C@H](CCSC)NC(=O)[C@H](C)NC(=O)[C@@H](CC(N)=O)NC(=O)[C@H](Cc2ccccc2)NC(=O)[C@@H]2CCCN2C1=O. The van der Waals surface area contributed by atoms with Gasteiger partial charge in [-0.3, -0.25) is 38.4 Å². The molecular weight excluding hydrogens is 692 g/mol. The van der Waals surface area contributed by atoms with E-state index in [4.69, 9.17) is 5.73 Å². The molecule has 0 aliphatic carbocycles. The van der Waals surface area contributed by atoms with E-state index in [2.05, 4.69) is 31.9 Å². The van der Waals surface area contributed by atoms with E-state index in [0.29, 0.717) is 30.6 Å². The van der Waals surface area contributed by atoms with Crippen molar-refractivity contribution in [2.45, 2.75) is 109 Å². The van der Waals surface area contributed by atoms with Crippen LogP contribution in [-0.4, -0.2) is 113 Å². The summed E-state index contributed by atoms with van der Waals surface area (Å²) >= 11 is 1.44. The summed E-state index contributed by atoms with van der Waals surface area (Å²) in [5.74, 6) is -5.59. The van der Waals surface area contributed by atoms with Gasteiger partial charge in [0.15, 0.2) is 0 Å². The average Bonchev–Trinajstić information content (AvgIpc) is 3.61. The second kappa shape index (κ2) is 19.8. The molecule has 8 N–H and O–H groups in total. The number of nitrogens with one attached hydrogen (secondary N) is 6. The summed E-state index contributed by atoms with van der Waals surface area (Å²) in [5, 5.41) is 15.7. The molecule has 0 saturated carbocycles. The molecule has 286 valence electrons. The Bertz CT molecular complexity index is 1480. The van der Waals surface area contributed by atoms with Gasteiger partial charge < -0.3 is 42.5 Å². The van der Waals surface area contributed by atoms with Crippen molar-refractivity contribution in [3.63, 3.8) is 0 Å². The van der Waals surface area contributed by atoms with Gasteiger partial charge in [0.25, 0.3) is 0 Å². The van der Waals surface area contributed by atoms with Crippen LogP contribution < -0.4 is 37.6 Å². The van der Waals surface area contributed by atoms with Crippen molar-refractivity contribution >= 4 is 59.0 Å². The highest BCUT2D eigenvalue weighted by atomic mass is 32.2. The van der Waals surface area contributed by atoms with Crippen molar-refractivity contribution < 1.29 is 38.4 Å². The fraction of sp³-hybridized carbons (Fsp3) is 0.600. The maximum atomic E-state index is 14.1. The van der Waals surface area contributed by atoms with Crippen LogP contribution in [0.5, 0.6) is 0 Å². The van der Waals surface area contributed by atoms with Gasteiger partial charge in [-0.2, -0.15) is 11.8 Å².